The minimum Gasteiger partial charge on any atom is -0.251 e. The van der Waals surface area contributed by atoms with Crippen LogP contribution in [0.15, 0.2) is 0 Å². The zero-order chi connectivity index (χ0) is 10.2. The van der Waals surface area contributed by atoms with Crippen molar-refractivity contribution >= 4 is 0 Å². The summed E-state index contributed by atoms with van der Waals surface area (Å²) in [6.45, 7) is 6.41. The highest BCUT2D eigenvalue weighted by molar-refractivity contribution is 4.77. The molecule has 0 atom stereocenters. The van der Waals surface area contributed by atoms with Gasteiger partial charge in [0.2, 0.25) is 0 Å². The fourth-order valence-electron chi connectivity index (χ4n) is 1.63. The Morgan fingerprint density at radius 3 is 1.69 bits per heavy atom. The second-order valence-corrected chi connectivity index (χ2v) is 3.83. The molecular formula is C11H24O2. The Morgan fingerprint density at radius 1 is 1.00 bits per heavy atom. The van der Waals surface area contributed by atoms with Gasteiger partial charge in [-0.25, -0.2) is 4.89 Å². The molecule has 2 nitrogen and oxygen atoms in total. The van der Waals surface area contributed by atoms with Gasteiger partial charge in [0.25, 0.3) is 0 Å². The topological polar surface area (TPSA) is 29.5 Å². The van der Waals surface area contributed by atoms with E-state index in [0.29, 0.717) is 0 Å². The average Bonchev–Trinajstić information content (AvgIpc) is 2.20. The molecule has 0 saturated heterocycles. The summed E-state index contributed by atoms with van der Waals surface area (Å²) >= 11 is 0. The lowest BCUT2D eigenvalue weighted by atomic mass is 9.88. The molecule has 0 rings (SSSR count). The molecule has 0 aliphatic rings. The lowest BCUT2D eigenvalue weighted by Crippen LogP contribution is -2.30. The average molecular weight is 188 g/mol. The van der Waals surface area contributed by atoms with Crippen LogP contribution in [0.5, 0.6) is 0 Å². The smallest absolute Gasteiger partial charge is 0.103 e. The Kier molecular flexibility index (Phi) is 7.29. The predicted octanol–water partition coefficient (Wildman–Crippen LogP) is 4.01. The normalized spacial score (nSPS) is 12.0. The third-order valence-corrected chi connectivity index (χ3v) is 2.81. The lowest BCUT2D eigenvalue weighted by Gasteiger charge is -2.29. The molecule has 0 spiro atoms. The Bertz CT molecular complexity index is 98.7. The summed E-state index contributed by atoms with van der Waals surface area (Å²) in [7, 11) is 0. The molecule has 0 heterocycles. The van der Waals surface area contributed by atoms with Gasteiger partial charge in [0, 0.05) is 0 Å². The highest BCUT2D eigenvalue weighted by Gasteiger charge is 2.27. The highest BCUT2D eigenvalue weighted by atomic mass is 17.1. The summed E-state index contributed by atoms with van der Waals surface area (Å²) in [5.41, 5.74) is -0.258. The molecule has 0 aromatic heterocycles. The van der Waals surface area contributed by atoms with E-state index in [1.807, 2.05) is 0 Å². The first-order chi connectivity index (χ1) is 6.24. The molecule has 0 unspecified atom stereocenters. The molecule has 0 bridgehead atoms. The van der Waals surface area contributed by atoms with Crippen molar-refractivity contribution in [2.45, 2.75) is 71.3 Å². The van der Waals surface area contributed by atoms with Gasteiger partial charge in [-0.1, -0.05) is 46.5 Å². The van der Waals surface area contributed by atoms with Crippen LogP contribution in [0.1, 0.15) is 65.7 Å². The van der Waals surface area contributed by atoms with Crippen LogP contribution in [-0.2, 0) is 4.89 Å². The standard InChI is InChI=1S/C11H24O2/c1-4-7-9-11(6-3,13-12)10-8-5-2/h12H,4-10H2,1-3H3. The zero-order valence-corrected chi connectivity index (χ0v) is 9.31. The lowest BCUT2D eigenvalue weighted by molar-refractivity contribution is -0.328. The molecule has 80 valence electrons. The molecule has 2 heteroatoms. The summed E-state index contributed by atoms with van der Waals surface area (Å²) in [6, 6.07) is 0. The second kappa shape index (κ2) is 7.34. The Hall–Kier alpha value is -0.0800. The van der Waals surface area contributed by atoms with Gasteiger partial charge in [0.05, 0.1) is 0 Å². The maximum absolute atomic E-state index is 8.93. The van der Waals surface area contributed by atoms with Crippen LogP contribution in [-0.4, -0.2) is 10.9 Å². The van der Waals surface area contributed by atoms with Gasteiger partial charge >= 0.3 is 0 Å². The molecule has 0 amide bonds. The predicted molar refractivity (Wildman–Crippen MR) is 55.8 cm³/mol. The van der Waals surface area contributed by atoms with Gasteiger partial charge in [-0.3, -0.25) is 5.26 Å². The van der Waals surface area contributed by atoms with Gasteiger partial charge < -0.3 is 0 Å². The van der Waals surface area contributed by atoms with E-state index in [9.17, 15) is 0 Å². The van der Waals surface area contributed by atoms with Crippen molar-refractivity contribution in [1.82, 2.24) is 0 Å². The van der Waals surface area contributed by atoms with Gasteiger partial charge in [-0.2, -0.15) is 0 Å². The largest absolute Gasteiger partial charge is 0.251 e. The van der Waals surface area contributed by atoms with Crippen LogP contribution in [0.4, 0.5) is 0 Å². The van der Waals surface area contributed by atoms with Gasteiger partial charge in [-0.05, 0) is 19.3 Å². The first-order valence-corrected chi connectivity index (χ1v) is 5.57. The molecule has 0 aliphatic heterocycles. The molecule has 0 saturated carbocycles. The molecule has 0 aliphatic carbocycles. The van der Waals surface area contributed by atoms with Crippen molar-refractivity contribution in [2.24, 2.45) is 0 Å². The van der Waals surface area contributed by atoms with E-state index < -0.39 is 0 Å². The number of unbranched alkanes of at least 4 members (excludes halogenated alkanes) is 2. The monoisotopic (exact) mass is 188 g/mol. The highest BCUT2D eigenvalue weighted by Crippen LogP contribution is 2.28. The Morgan fingerprint density at radius 2 is 1.46 bits per heavy atom. The molecule has 0 aromatic rings. The van der Waals surface area contributed by atoms with E-state index in [1.54, 1.807) is 0 Å². The molecule has 0 radical (unpaired) electrons. The van der Waals surface area contributed by atoms with Crippen LogP contribution in [0.25, 0.3) is 0 Å². The fraction of sp³-hybridized carbons (Fsp3) is 1.00. The minimum atomic E-state index is -0.258. The maximum atomic E-state index is 8.93. The van der Waals surface area contributed by atoms with Gasteiger partial charge in [0.15, 0.2) is 0 Å². The zero-order valence-electron chi connectivity index (χ0n) is 9.31. The van der Waals surface area contributed by atoms with E-state index in [-0.39, 0.29) is 5.60 Å². The van der Waals surface area contributed by atoms with E-state index in [4.69, 9.17) is 10.1 Å². The summed E-state index contributed by atoms with van der Waals surface area (Å²) in [5.74, 6) is 0. The molecule has 1 N–H and O–H groups in total. The van der Waals surface area contributed by atoms with Crippen LogP contribution in [0.3, 0.4) is 0 Å². The number of rotatable bonds is 8. The Labute approximate surface area is 82.2 Å². The summed E-state index contributed by atoms with van der Waals surface area (Å²) in [6.07, 6.45) is 7.47. The number of hydrogen-bond acceptors (Lipinski definition) is 2. The van der Waals surface area contributed by atoms with Crippen molar-refractivity contribution < 1.29 is 10.1 Å². The first kappa shape index (κ1) is 12.9. The molecule has 13 heavy (non-hydrogen) atoms. The van der Waals surface area contributed by atoms with E-state index in [2.05, 4.69) is 20.8 Å². The quantitative estimate of drug-likeness (QED) is 0.460. The van der Waals surface area contributed by atoms with E-state index >= 15 is 0 Å². The van der Waals surface area contributed by atoms with Crippen molar-refractivity contribution in [3.05, 3.63) is 0 Å². The minimum absolute atomic E-state index is 0.258. The maximum Gasteiger partial charge on any atom is 0.103 e. The van der Waals surface area contributed by atoms with Gasteiger partial charge in [-0.15, -0.1) is 0 Å². The fourth-order valence-corrected chi connectivity index (χ4v) is 1.63. The van der Waals surface area contributed by atoms with Crippen molar-refractivity contribution in [1.29, 1.82) is 0 Å². The summed E-state index contributed by atoms with van der Waals surface area (Å²) in [4.78, 5) is 4.69. The summed E-state index contributed by atoms with van der Waals surface area (Å²) < 4.78 is 0. The van der Waals surface area contributed by atoms with Crippen molar-refractivity contribution in [3.63, 3.8) is 0 Å². The third kappa shape index (κ3) is 4.63. The second-order valence-electron chi connectivity index (χ2n) is 3.83. The van der Waals surface area contributed by atoms with E-state index in [1.165, 1.54) is 0 Å². The summed E-state index contributed by atoms with van der Waals surface area (Å²) in [5, 5.41) is 8.93. The first-order valence-electron chi connectivity index (χ1n) is 5.57. The van der Waals surface area contributed by atoms with Crippen LogP contribution in [0.2, 0.25) is 0 Å². The van der Waals surface area contributed by atoms with Gasteiger partial charge in [0.1, 0.15) is 5.60 Å². The molecule has 0 fully saturated rings. The van der Waals surface area contributed by atoms with Crippen molar-refractivity contribution in [3.8, 4) is 0 Å². The molecular weight excluding hydrogens is 164 g/mol. The third-order valence-electron chi connectivity index (χ3n) is 2.81. The molecule has 0 aromatic carbocycles. The SMILES string of the molecule is CCCCC(CC)(CCCC)OO. The Balaban J connectivity index is 3.97. The van der Waals surface area contributed by atoms with Crippen LogP contribution >= 0.6 is 0 Å². The van der Waals surface area contributed by atoms with Crippen LogP contribution in [0, 0.1) is 0 Å². The van der Waals surface area contributed by atoms with Crippen molar-refractivity contribution in [2.75, 3.05) is 0 Å². The van der Waals surface area contributed by atoms with E-state index in [0.717, 1.165) is 44.9 Å². The van der Waals surface area contributed by atoms with Crippen LogP contribution < -0.4 is 0 Å². The number of hydrogen-bond donors (Lipinski definition) is 1.